The van der Waals surface area contributed by atoms with E-state index in [9.17, 15) is 86.8 Å². The number of rotatable bonds is 22. The topological polar surface area (TPSA) is 418 Å². The Hall–Kier alpha value is -1.00. The lowest BCUT2D eigenvalue weighted by molar-refractivity contribution is -0.349. The zero-order valence-electron chi connectivity index (χ0n) is 34.4. The van der Waals surface area contributed by atoms with Gasteiger partial charge in [0.1, 0.15) is 116 Å². The highest BCUT2D eigenvalue weighted by Gasteiger charge is 2.52. The Bertz CT molecular complexity index is 1270. The van der Waals surface area contributed by atoms with Crippen molar-refractivity contribution < 1.29 is 125 Å². The van der Waals surface area contributed by atoms with Gasteiger partial charge in [0.25, 0.3) is 0 Å². The Labute approximate surface area is 356 Å². The van der Waals surface area contributed by atoms with Gasteiger partial charge < -0.3 is 125 Å². The van der Waals surface area contributed by atoms with Crippen LogP contribution in [0.1, 0.15) is 39.5 Å². The molecule has 4 aliphatic heterocycles. The standard InChI is InChI=1S/C37H68O25/c1-13(2)32-31(54)34(62-37-30(53)26(49)22(45)17(10-40)59-37)24(47)19(57-32)12-56-35-28(51)27(50)23(46)18(60-35)11-55-7-5-3-4-6-14(41)20(43)33(15(42)8-38)61-36-29(52)25(48)21(44)16(9-39)58-36/h13-54H,3-12H2,1-2H3. The van der Waals surface area contributed by atoms with Gasteiger partial charge in [0.05, 0.1) is 45.2 Å². The van der Waals surface area contributed by atoms with Crippen molar-refractivity contribution >= 4 is 0 Å². The molecule has 4 aliphatic rings. The maximum Gasteiger partial charge on any atom is 0.187 e. The first-order chi connectivity index (χ1) is 29.3. The van der Waals surface area contributed by atoms with Crippen LogP contribution >= 0.6 is 0 Å². The Kier molecular flexibility index (Phi) is 21.3. The van der Waals surface area contributed by atoms with Crippen LogP contribution in [-0.4, -0.2) is 274 Å². The van der Waals surface area contributed by atoms with Crippen molar-refractivity contribution in [1.29, 1.82) is 0 Å². The smallest absolute Gasteiger partial charge is 0.187 e. The fourth-order valence-electron chi connectivity index (χ4n) is 7.69. The molecule has 0 amide bonds. The lowest BCUT2D eigenvalue weighted by Crippen LogP contribution is -2.65. The summed E-state index contributed by atoms with van der Waals surface area (Å²) in [7, 11) is 0. The molecule has 0 aromatic carbocycles. The summed E-state index contributed by atoms with van der Waals surface area (Å²) in [5.74, 6) is -0.376. The van der Waals surface area contributed by atoms with Crippen LogP contribution in [-0.2, 0) is 37.9 Å². The summed E-state index contributed by atoms with van der Waals surface area (Å²) in [6, 6.07) is 0. The summed E-state index contributed by atoms with van der Waals surface area (Å²) in [5.41, 5.74) is 0. The third-order valence-electron chi connectivity index (χ3n) is 11.6. The molecule has 4 fully saturated rings. The van der Waals surface area contributed by atoms with E-state index in [1.165, 1.54) is 0 Å². The molecule has 0 saturated carbocycles. The quantitative estimate of drug-likeness (QED) is 0.0448. The molecule has 62 heavy (non-hydrogen) atoms. The fraction of sp³-hybridized carbons (Fsp3) is 1.00. The van der Waals surface area contributed by atoms with Gasteiger partial charge in [-0.3, -0.25) is 0 Å². The molecule has 4 saturated heterocycles. The van der Waals surface area contributed by atoms with Gasteiger partial charge in [-0.15, -0.1) is 0 Å². The second-order valence-electron chi connectivity index (χ2n) is 16.5. The highest BCUT2D eigenvalue weighted by molar-refractivity contribution is 4.98. The molecule has 17 N–H and O–H groups in total. The monoisotopic (exact) mass is 912 g/mol. The first-order valence-corrected chi connectivity index (χ1v) is 20.8. The minimum Gasteiger partial charge on any atom is -0.394 e. The van der Waals surface area contributed by atoms with Crippen molar-refractivity contribution in [3.8, 4) is 0 Å². The maximum atomic E-state index is 11.2. The van der Waals surface area contributed by atoms with Crippen LogP contribution in [0.5, 0.6) is 0 Å². The average Bonchev–Trinajstić information content (AvgIpc) is 3.25. The van der Waals surface area contributed by atoms with Crippen LogP contribution in [0.4, 0.5) is 0 Å². The number of aliphatic hydroxyl groups is 17. The van der Waals surface area contributed by atoms with E-state index < -0.39 is 173 Å². The van der Waals surface area contributed by atoms with Gasteiger partial charge in [-0.25, -0.2) is 0 Å². The molecular weight excluding hydrogens is 844 g/mol. The second kappa shape index (κ2) is 24.7. The molecule has 0 bridgehead atoms. The molecule has 25 nitrogen and oxygen atoms in total. The summed E-state index contributed by atoms with van der Waals surface area (Å²) >= 11 is 0. The van der Waals surface area contributed by atoms with Gasteiger partial charge in [0, 0.05) is 6.61 Å². The Morgan fingerprint density at radius 2 is 1.02 bits per heavy atom. The SMILES string of the molecule is CC(C)C1OC(COC2OC(COCCCCCC(O)C(O)C(OC3OC(CO)C(O)C(O)C3O)C(O)CO)C(O)C(O)C2O)C(O)C(OC2OC(CO)C(O)C(O)C2O)C1O. The van der Waals surface area contributed by atoms with Gasteiger partial charge in [-0.05, 0) is 18.8 Å². The highest BCUT2D eigenvalue weighted by Crippen LogP contribution is 2.33. The van der Waals surface area contributed by atoms with Crippen LogP contribution in [0, 0.1) is 5.92 Å². The normalized spacial score (nSPS) is 43.9. The number of unbranched alkanes of at least 4 members (excludes halogenated alkanes) is 2. The van der Waals surface area contributed by atoms with Gasteiger partial charge in [0.2, 0.25) is 0 Å². The molecule has 4 rings (SSSR count). The minimum absolute atomic E-state index is 0.0433. The van der Waals surface area contributed by atoms with E-state index >= 15 is 0 Å². The predicted molar refractivity (Wildman–Crippen MR) is 200 cm³/mol. The average molecular weight is 913 g/mol. The number of hydrogen-bond acceptors (Lipinski definition) is 25. The highest BCUT2D eigenvalue weighted by atomic mass is 16.7. The largest absolute Gasteiger partial charge is 0.394 e. The number of hydrogen-bond donors (Lipinski definition) is 17. The number of aliphatic hydroxyl groups excluding tert-OH is 17. The Morgan fingerprint density at radius 3 is 1.58 bits per heavy atom. The molecule has 0 radical (unpaired) electrons. The maximum absolute atomic E-state index is 11.2. The van der Waals surface area contributed by atoms with Gasteiger partial charge in [-0.2, -0.15) is 0 Å². The molecule has 25 heteroatoms. The molecule has 0 aromatic rings. The Balaban J connectivity index is 1.24. The van der Waals surface area contributed by atoms with Crippen LogP contribution in [0.2, 0.25) is 0 Å². The number of ether oxygens (including phenoxy) is 8. The van der Waals surface area contributed by atoms with Crippen molar-refractivity contribution in [2.45, 2.75) is 187 Å². The third kappa shape index (κ3) is 12.9. The van der Waals surface area contributed by atoms with Crippen molar-refractivity contribution in [2.75, 3.05) is 39.6 Å². The molecule has 24 unspecified atom stereocenters. The molecule has 24 atom stereocenters. The van der Waals surface area contributed by atoms with E-state index in [0.29, 0.717) is 19.3 Å². The molecule has 0 aromatic heterocycles. The molecule has 0 aliphatic carbocycles. The van der Waals surface area contributed by atoms with E-state index in [2.05, 4.69) is 0 Å². The van der Waals surface area contributed by atoms with Crippen LogP contribution in [0.15, 0.2) is 0 Å². The minimum atomic E-state index is -1.87. The van der Waals surface area contributed by atoms with E-state index in [0.717, 1.165) is 0 Å². The van der Waals surface area contributed by atoms with Crippen LogP contribution < -0.4 is 0 Å². The lowest BCUT2D eigenvalue weighted by atomic mass is 9.89. The Morgan fingerprint density at radius 1 is 0.500 bits per heavy atom. The molecule has 366 valence electrons. The summed E-state index contributed by atoms with van der Waals surface area (Å²) in [6.07, 6.45) is -37.6. The lowest BCUT2D eigenvalue weighted by Gasteiger charge is -2.47. The van der Waals surface area contributed by atoms with Gasteiger partial charge in [0.15, 0.2) is 18.9 Å². The summed E-state index contributed by atoms with van der Waals surface area (Å²) in [5, 5.41) is 175. The van der Waals surface area contributed by atoms with E-state index in [4.69, 9.17) is 37.9 Å². The summed E-state index contributed by atoms with van der Waals surface area (Å²) in [4.78, 5) is 0. The van der Waals surface area contributed by atoms with E-state index in [-0.39, 0.29) is 25.6 Å². The zero-order valence-corrected chi connectivity index (χ0v) is 34.4. The van der Waals surface area contributed by atoms with Gasteiger partial charge in [-0.1, -0.05) is 26.7 Å². The van der Waals surface area contributed by atoms with Crippen LogP contribution in [0.25, 0.3) is 0 Å². The second-order valence-corrected chi connectivity index (χ2v) is 16.5. The van der Waals surface area contributed by atoms with Gasteiger partial charge >= 0.3 is 0 Å². The molecule has 0 spiro atoms. The first-order valence-electron chi connectivity index (χ1n) is 20.8. The van der Waals surface area contributed by atoms with Crippen molar-refractivity contribution in [3.05, 3.63) is 0 Å². The fourth-order valence-corrected chi connectivity index (χ4v) is 7.69. The zero-order chi connectivity index (χ0) is 46.2. The molecule has 4 heterocycles. The van der Waals surface area contributed by atoms with Crippen molar-refractivity contribution in [3.63, 3.8) is 0 Å². The van der Waals surface area contributed by atoms with E-state index in [1.54, 1.807) is 13.8 Å². The summed E-state index contributed by atoms with van der Waals surface area (Å²) in [6.45, 7) is 0.228. The first kappa shape index (κ1) is 53.6. The van der Waals surface area contributed by atoms with Crippen molar-refractivity contribution in [1.82, 2.24) is 0 Å². The molecular formula is C37H68O25. The predicted octanol–water partition coefficient (Wildman–Crippen LogP) is -9.02. The summed E-state index contributed by atoms with van der Waals surface area (Å²) < 4.78 is 44.7. The van der Waals surface area contributed by atoms with Crippen molar-refractivity contribution in [2.24, 2.45) is 5.92 Å². The third-order valence-corrected chi connectivity index (χ3v) is 11.6. The van der Waals surface area contributed by atoms with Crippen LogP contribution in [0.3, 0.4) is 0 Å². The van der Waals surface area contributed by atoms with E-state index in [1.807, 2.05) is 0 Å².